The fourth-order valence-corrected chi connectivity index (χ4v) is 4.05. The van der Waals surface area contributed by atoms with Crippen molar-refractivity contribution < 1.29 is 4.21 Å². The third-order valence-electron chi connectivity index (χ3n) is 3.67. The van der Waals surface area contributed by atoms with Gasteiger partial charge in [-0.25, -0.2) is 8.89 Å². The van der Waals surface area contributed by atoms with Crippen LogP contribution in [0.3, 0.4) is 0 Å². The Kier molecular flexibility index (Phi) is 4.87. The molecule has 4 nitrogen and oxygen atoms in total. The summed E-state index contributed by atoms with van der Waals surface area (Å²) in [5, 5.41) is 4.56. The van der Waals surface area contributed by atoms with Gasteiger partial charge in [0.2, 0.25) is 0 Å². The first-order valence-electron chi connectivity index (χ1n) is 7.53. The second kappa shape index (κ2) is 6.91. The number of anilines is 1. The standard InChI is InChI=1S/C18H18BrN3OS/c1-12-9-13(2)18(14(3)10-12)22-16(19)11-17(20-22)21-24(23)15-7-5-4-6-8-15/h4-11H,1-3H3,(H,20,21). The maximum atomic E-state index is 12.4. The predicted molar refractivity (Wildman–Crippen MR) is 102 cm³/mol. The van der Waals surface area contributed by atoms with Gasteiger partial charge in [0, 0.05) is 6.07 Å². The average Bonchev–Trinajstić information content (AvgIpc) is 2.87. The van der Waals surface area contributed by atoms with Crippen LogP contribution >= 0.6 is 15.9 Å². The van der Waals surface area contributed by atoms with E-state index >= 15 is 0 Å². The van der Waals surface area contributed by atoms with E-state index in [0.29, 0.717) is 10.7 Å². The molecule has 0 saturated carbocycles. The molecule has 24 heavy (non-hydrogen) atoms. The summed E-state index contributed by atoms with van der Waals surface area (Å²) in [6.45, 7) is 6.22. The number of halogens is 1. The number of hydrogen-bond acceptors (Lipinski definition) is 2. The molecule has 0 aliphatic heterocycles. The number of nitrogens with zero attached hydrogens (tertiary/aromatic N) is 2. The van der Waals surface area contributed by atoms with Gasteiger partial charge >= 0.3 is 0 Å². The number of aryl methyl sites for hydroxylation is 3. The first kappa shape index (κ1) is 16.9. The summed E-state index contributed by atoms with van der Waals surface area (Å²) < 4.78 is 18.0. The van der Waals surface area contributed by atoms with E-state index in [9.17, 15) is 4.21 Å². The van der Waals surface area contributed by atoms with Crippen LogP contribution in [0.1, 0.15) is 16.7 Å². The Labute approximate surface area is 152 Å². The van der Waals surface area contributed by atoms with Gasteiger partial charge in [-0.3, -0.25) is 4.72 Å². The number of hydrogen-bond donors (Lipinski definition) is 1. The normalized spacial score (nSPS) is 12.2. The van der Waals surface area contributed by atoms with Gasteiger partial charge in [0.1, 0.15) is 4.60 Å². The van der Waals surface area contributed by atoms with Crippen molar-refractivity contribution >= 4 is 32.7 Å². The molecule has 0 spiro atoms. The summed E-state index contributed by atoms with van der Waals surface area (Å²) in [7, 11) is -1.35. The van der Waals surface area contributed by atoms with Crippen molar-refractivity contribution in [2.24, 2.45) is 0 Å². The lowest BCUT2D eigenvalue weighted by Gasteiger charge is -2.12. The minimum Gasteiger partial charge on any atom is -0.284 e. The summed E-state index contributed by atoms with van der Waals surface area (Å²) in [5.74, 6) is 0.559. The number of nitrogens with one attached hydrogen (secondary N) is 1. The SMILES string of the molecule is Cc1cc(C)c(-n2nc(NS(=O)c3ccccc3)cc2Br)c(C)c1. The zero-order valence-electron chi connectivity index (χ0n) is 13.7. The van der Waals surface area contributed by atoms with Crippen molar-refractivity contribution in [3.05, 3.63) is 69.8 Å². The molecule has 3 aromatic rings. The summed E-state index contributed by atoms with van der Waals surface area (Å²) >= 11 is 3.55. The molecule has 0 amide bonds. The zero-order chi connectivity index (χ0) is 17.3. The van der Waals surface area contributed by atoms with Crippen LogP contribution in [0, 0.1) is 20.8 Å². The van der Waals surface area contributed by atoms with Gasteiger partial charge < -0.3 is 0 Å². The van der Waals surface area contributed by atoms with Crippen LogP contribution in [0.5, 0.6) is 0 Å². The molecule has 0 bridgehead atoms. The third-order valence-corrected chi connectivity index (χ3v) is 5.33. The molecule has 0 fully saturated rings. The van der Waals surface area contributed by atoms with Crippen molar-refractivity contribution in [1.82, 2.24) is 9.78 Å². The van der Waals surface area contributed by atoms with E-state index < -0.39 is 11.0 Å². The van der Waals surface area contributed by atoms with Crippen LogP contribution in [-0.2, 0) is 11.0 Å². The second-order valence-corrected chi connectivity index (χ2v) is 7.72. The van der Waals surface area contributed by atoms with E-state index in [2.05, 4.69) is 58.7 Å². The largest absolute Gasteiger partial charge is 0.284 e. The molecule has 1 heterocycles. The molecule has 1 unspecified atom stereocenters. The minimum atomic E-state index is -1.35. The van der Waals surface area contributed by atoms with E-state index in [1.807, 2.05) is 41.1 Å². The third kappa shape index (κ3) is 3.44. The molecule has 0 aliphatic rings. The molecule has 1 N–H and O–H groups in total. The van der Waals surface area contributed by atoms with Gasteiger partial charge in [0.05, 0.1) is 10.6 Å². The Morgan fingerprint density at radius 2 is 1.67 bits per heavy atom. The van der Waals surface area contributed by atoms with Crippen molar-refractivity contribution in [3.63, 3.8) is 0 Å². The Balaban J connectivity index is 1.93. The van der Waals surface area contributed by atoms with Crippen LogP contribution in [-0.4, -0.2) is 14.0 Å². The molecule has 0 saturated heterocycles. The lowest BCUT2D eigenvalue weighted by molar-refractivity contribution is 0.686. The summed E-state index contributed by atoms with van der Waals surface area (Å²) in [5.41, 5.74) is 4.55. The van der Waals surface area contributed by atoms with E-state index in [1.54, 1.807) is 0 Å². The topological polar surface area (TPSA) is 46.9 Å². The molecule has 6 heteroatoms. The lowest BCUT2D eigenvalue weighted by Crippen LogP contribution is -2.07. The van der Waals surface area contributed by atoms with Gasteiger partial charge in [0.25, 0.3) is 0 Å². The lowest BCUT2D eigenvalue weighted by atomic mass is 10.1. The van der Waals surface area contributed by atoms with Crippen LogP contribution < -0.4 is 4.72 Å². The first-order chi connectivity index (χ1) is 11.5. The quantitative estimate of drug-likeness (QED) is 0.686. The first-order valence-corrected chi connectivity index (χ1v) is 9.47. The number of rotatable bonds is 4. The average molecular weight is 404 g/mol. The summed E-state index contributed by atoms with van der Waals surface area (Å²) in [6.07, 6.45) is 0. The molecular formula is C18H18BrN3OS. The Bertz CT molecular complexity index is 883. The molecular weight excluding hydrogens is 386 g/mol. The highest BCUT2D eigenvalue weighted by Crippen LogP contribution is 2.27. The van der Waals surface area contributed by atoms with Crippen LogP contribution in [0.15, 0.2) is 58.0 Å². The Morgan fingerprint density at radius 1 is 1.04 bits per heavy atom. The van der Waals surface area contributed by atoms with E-state index in [1.165, 1.54) is 5.56 Å². The molecule has 124 valence electrons. The summed E-state index contributed by atoms with van der Waals surface area (Å²) in [4.78, 5) is 0.714. The summed E-state index contributed by atoms with van der Waals surface area (Å²) in [6, 6.07) is 15.4. The van der Waals surface area contributed by atoms with E-state index in [0.717, 1.165) is 21.4 Å². The van der Waals surface area contributed by atoms with Gasteiger partial charge in [-0.1, -0.05) is 35.9 Å². The van der Waals surface area contributed by atoms with Crippen molar-refractivity contribution in [1.29, 1.82) is 0 Å². The van der Waals surface area contributed by atoms with E-state index in [-0.39, 0.29) is 0 Å². The fraction of sp³-hybridized carbons (Fsp3) is 0.167. The number of aromatic nitrogens is 2. The van der Waals surface area contributed by atoms with Gasteiger partial charge in [0.15, 0.2) is 16.8 Å². The molecule has 3 rings (SSSR count). The molecule has 0 aliphatic carbocycles. The van der Waals surface area contributed by atoms with Crippen LogP contribution in [0.4, 0.5) is 5.82 Å². The smallest absolute Gasteiger partial charge is 0.161 e. The Morgan fingerprint density at radius 3 is 2.29 bits per heavy atom. The highest BCUT2D eigenvalue weighted by molar-refractivity contribution is 9.10. The van der Waals surface area contributed by atoms with E-state index in [4.69, 9.17) is 0 Å². The predicted octanol–water partition coefficient (Wildman–Crippen LogP) is 4.69. The van der Waals surface area contributed by atoms with Crippen LogP contribution in [0.25, 0.3) is 5.69 Å². The van der Waals surface area contributed by atoms with Gasteiger partial charge in [-0.2, -0.15) is 0 Å². The van der Waals surface area contributed by atoms with Gasteiger partial charge in [-0.15, -0.1) is 5.10 Å². The van der Waals surface area contributed by atoms with Crippen molar-refractivity contribution in [3.8, 4) is 5.69 Å². The van der Waals surface area contributed by atoms with Crippen molar-refractivity contribution in [2.45, 2.75) is 25.7 Å². The molecule has 2 aromatic carbocycles. The molecule has 1 atom stereocenters. The maximum Gasteiger partial charge on any atom is 0.161 e. The van der Waals surface area contributed by atoms with Crippen LogP contribution in [0.2, 0.25) is 0 Å². The molecule has 0 radical (unpaired) electrons. The highest BCUT2D eigenvalue weighted by Gasteiger charge is 2.14. The monoisotopic (exact) mass is 403 g/mol. The maximum absolute atomic E-state index is 12.4. The zero-order valence-corrected chi connectivity index (χ0v) is 16.1. The van der Waals surface area contributed by atoms with Crippen molar-refractivity contribution in [2.75, 3.05) is 4.72 Å². The minimum absolute atomic E-state index is 0.559. The Hall–Kier alpha value is -1.92. The fourth-order valence-electron chi connectivity index (χ4n) is 2.77. The highest BCUT2D eigenvalue weighted by atomic mass is 79.9. The second-order valence-electron chi connectivity index (χ2n) is 5.70. The molecule has 1 aromatic heterocycles. The van der Waals surface area contributed by atoms with Gasteiger partial charge in [-0.05, 0) is 60.0 Å². The number of benzene rings is 2.